The molecule has 0 aliphatic carbocycles. The van der Waals surface area contributed by atoms with Crippen LogP contribution in [-0.2, 0) is 0 Å². The van der Waals surface area contributed by atoms with Gasteiger partial charge in [-0.05, 0) is 30.2 Å². The number of nitrogens with one attached hydrogen (secondary N) is 1. The molecule has 1 N–H and O–H groups in total. The molecular weight excluding hydrogens is 328 g/mol. The maximum absolute atomic E-state index is 13.2. The van der Waals surface area contributed by atoms with Gasteiger partial charge in [0, 0.05) is 25.0 Å². The number of para-hydroxylation sites is 2. The first kappa shape index (κ1) is 16.3. The predicted octanol–water partition coefficient (Wildman–Crippen LogP) is 2.79. The van der Waals surface area contributed by atoms with Gasteiger partial charge >= 0.3 is 0 Å². The molecule has 1 amide bonds. The van der Waals surface area contributed by atoms with Crippen LogP contribution in [0.3, 0.4) is 0 Å². The highest BCUT2D eigenvalue weighted by atomic mass is 16.2. The molecule has 0 fully saturated rings. The average molecular weight is 348 g/mol. The number of nitrogens with zero attached hydrogens (tertiary/aromatic N) is 3. The van der Waals surface area contributed by atoms with E-state index in [4.69, 9.17) is 0 Å². The Morgan fingerprint density at radius 3 is 2.77 bits per heavy atom. The molecule has 4 rings (SSSR count). The van der Waals surface area contributed by atoms with E-state index in [0.717, 1.165) is 11.4 Å². The van der Waals surface area contributed by atoms with Crippen molar-refractivity contribution in [2.24, 2.45) is 5.92 Å². The first-order chi connectivity index (χ1) is 12.6. The highest BCUT2D eigenvalue weighted by Crippen LogP contribution is 2.32. The molecule has 0 saturated carbocycles. The van der Waals surface area contributed by atoms with Gasteiger partial charge in [0.25, 0.3) is 11.5 Å². The minimum Gasteiger partial charge on any atom is -0.379 e. The van der Waals surface area contributed by atoms with Crippen LogP contribution in [0.15, 0.2) is 59.7 Å². The number of hydrogen-bond donors (Lipinski definition) is 1. The number of aromatic nitrogens is 2. The van der Waals surface area contributed by atoms with Crippen molar-refractivity contribution in [1.29, 1.82) is 0 Å². The van der Waals surface area contributed by atoms with E-state index in [0.29, 0.717) is 18.1 Å². The van der Waals surface area contributed by atoms with Gasteiger partial charge in [-0.1, -0.05) is 32.0 Å². The fourth-order valence-corrected chi connectivity index (χ4v) is 3.26. The molecule has 1 aliphatic heterocycles. The van der Waals surface area contributed by atoms with Crippen LogP contribution in [-0.4, -0.2) is 27.9 Å². The maximum atomic E-state index is 13.2. The van der Waals surface area contributed by atoms with Gasteiger partial charge in [-0.3, -0.25) is 14.0 Å². The van der Waals surface area contributed by atoms with Crippen LogP contribution in [0.4, 0.5) is 11.4 Å². The molecule has 0 radical (unpaired) electrons. The normalized spacial score (nSPS) is 16.4. The fraction of sp³-hybridized carbons (Fsp3) is 0.250. The number of hydrogen-bond acceptors (Lipinski definition) is 4. The summed E-state index contributed by atoms with van der Waals surface area (Å²) < 4.78 is 1.40. The number of benzene rings is 1. The number of anilines is 2. The molecule has 1 aliphatic rings. The van der Waals surface area contributed by atoms with Gasteiger partial charge in [-0.25, -0.2) is 4.98 Å². The zero-order valence-corrected chi connectivity index (χ0v) is 14.7. The summed E-state index contributed by atoms with van der Waals surface area (Å²) in [5, 5.41) is 3.48. The highest BCUT2D eigenvalue weighted by Gasteiger charge is 2.31. The van der Waals surface area contributed by atoms with Crippen molar-refractivity contribution in [3.63, 3.8) is 0 Å². The second-order valence-electron chi connectivity index (χ2n) is 6.83. The summed E-state index contributed by atoms with van der Waals surface area (Å²) in [5.74, 6) is 0.0230. The Morgan fingerprint density at radius 1 is 1.19 bits per heavy atom. The minimum atomic E-state index is -0.349. The lowest BCUT2D eigenvalue weighted by Gasteiger charge is -2.37. The second kappa shape index (κ2) is 6.29. The Kier molecular flexibility index (Phi) is 3.95. The Bertz CT molecular complexity index is 1040. The van der Waals surface area contributed by atoms with Crippen molar-refractivity contribution in [2.75, 3.05) is 16.8 Å². The molecule has 0 spiro atoms. The number of rotatable bonds is 2. The standard InChI is InChI=1S/C20H20N4O2/c1-13(2)16-12-24(17-8-4-3-7-15(17)22-16)20(26)14-11-21-18-9-5-6-10-23(18)19(14)25/h3-11,13,16,22H,12H2,1-2H3/t16-/m1/s1. The van der Waals surface area contributed by atoms with Gasteiger partial charge in [-0.2, -0.15) is 0 Å². The van der Waals surface area contributed by atoms with Crippen molar-refractivity contribution >= 4 is 22.9 Å². The van der Waals surface area contributed by atoms with E-state index in [1.165, 1.54) is 10.6 Å². The van der Waals surface area contributed by atoms with Crippen molar-refractivity contribution in [3.8, 4) is 0 Å². The van der Waals surface area contributed by atoms with E-state index < -0.39 is 0 Å². The summed E-state index contributed by atoms with van der Waals surface area (Å²) in [6.45, 7) is 4.73. The second-order valence-corrected chi connectivity index (χ2v) is 6.83. The monoisotopic (exact) mass is 348 g/mol. The van der Waals surface area contributed by atoms with Gasteiger partial charge < -0.3 is 10.2 Å². The summed E-state index contributed by atoms with van der Waals surface area (Å²) >= 11 is 0. The molecule has 2 aromatic heterocycles. The largest absolute Gasteiger partial charge is 0.379 e. The van der Waals surface area contributed by atoms with E-state index in [1.807, 2.05) is 30.3 Å². The first-order valence-corrected chi connectivity index (χ1v) is 8.70. The van der Waals surface area contributed by atoms with E-state index in [2.05, 4.69) is 24.1 Å². The Labute approximate surface area is 151 Å². The summed E-state index contributed by atoms with van der Waals surface area (Å²) in [5.41, 5.74) is 1.94. The topological polar surface area (TPSA) is 66.7 Å². The summed E-state index contributed by atoms with van der Waals surface area (Å²) in [6, 6.07) is 13.1. The number of fused-ring (bicyclic) bond motifs is 2. The third kappa shape index (κ3) is 2.63. The summed E-state index contributed by atoms with van der Waals surface area (Å²) in [4.78, 5) is 32.0. The van der Waals surface area contributed by atoms with E-state index in [-0.39, 0.29) is 23.1 Å². The van der Waals surface area contributed by atoms with Gasteiger partial charge in [0.05, 0.1) is 11.4 Å². The third-order valence-electron chi connectivity index (χ3n) is 4.81. The smallest absolute Gasteiger partial charge is 0.270 e. The van der Waals surface area contributed by atoms with Gasteiger partial charge in [0.1, 0.15) is 11.2 Å². The lowest BCUT2D eigenvalue weighted by atomic mass is 9.99. The molecule has 3 aromatic rings. The molecule has 6 nitrogen and oxygen atoms in total. The van der Waals surface area contributed by atoms with Crippen molar-refractivity contribution in [1.82, 2.24) is 9.38 Å². The molecule has 1 atom stereocenters. The van der Waals surface area contributed by atoms with Crippen LogP contribution in [0.25, 0.3) is 5.65 Å². The minimum absolute atomic E-state index is 0.0768. The lowest BCUT2D eigenvalue weighted by molar-refractivity contribution is 0.0981. The van der Waals surface area contributed by atoms with Gasteiger partial charge in [0.2, 0.25) is 0 Å². The first-order valence-electron chi connectivity index (χ1n) is 8.70. The predicted molar refractivity (Wildman–Crippen MR) is 102 cm³/mol. The zero-order chi connectivity index (χ0) is 18.3. The van der Waals surface area contributed by atoms with Gasteiger partial charge in [-0.15, -0.1) is 0 Å². The lowest BCUT2D eigenvalue weighted by Crippen LogP contribution is -2.48. The number of pyridine rings is 1. The Hall–Kier alpha value is -3.15. The summed E-state index contributed by atoms with van der Waals surface area (Å²) in [7, 11) is 0. The van der Waals surface area contributed by atoms with Crippen LogP contribution >= 0.6 is 0 Å². The molecule has 3 heterocycles. The maximum Gasteiger partial charge on any atom is 0.270 e. The number of carbonyl (C=O) groups excluding carboxylic acids is 1. The van der Waals surface area contributed by atoms with Crippen molar-refractivity contribution < 1.29 is 4.79 Å². The molecule has 0 bridgehead atoms. The molecule has 26 heavy (non-hydrogen) atoms. The van der Waals surface area contributed by atoms with Crippen LogP contribution < -0.4 is 15.8 Å². The van der Waals surface area contributed by atoms with E-state index in [9.17, 15) is 9.59 Å². The molecule has 6 heteroatoms. The Balaban J connectivity index is 1.81. The SMILES string of the molecule is CC(C)[C@H]1CN(C(=O)c2cnc3ccccn3c2=O)c2ccccc2N1. The van der Waals surface area contributed by atoms with Crippen molar-refractivity contribution in [2.45, 2.75) is 19.9 Å². The number of carbonyl (C=O) groups is 1. The van der Waals surface area contributed by atoms with Crippen molar-refractivity contribution in [3.05, 3.63) is 70.8 Å². The fourth-order valence-electron chi connectivity index (χ4n) is 3.26. The zero-order valence-electron chi connectivity index (χ0n) is 14.7. The quantitative estimate of drug-likeness (QED) is 0.773. The molecule has 1 aromatic carbocycles. The van der Waals surface area contributed by atoms with Crippen LogP contribution in [0, 0.1) is 5.92 Å². The van der Waals surface area contributed by atoms with Crippen LogP contribution in [0.5, 0.6) is 0 Å². The van der Waals surface area contributed by atoms with Crippen LogP contribution in [0.1, 0.15) is 24.2 Å². The molecule has 132 valence electrons. The van der Waals surface area contributed by atoms with Gasteiger partial charge in [0.15, 0.2) is 0 Å². The summed E-state index contributed by atoms with van der Waals surface area (Å²) in [6.07, 6.45) is 3.01. The molecule has 0 saturated heterocycles. The Morgan fingerprint density at radius 2 is 1.96 bits per heavy atom. The average Bonchev–Trinajstić information content (AvgIpc) is 2.67. The van der Waals surface area contributed by atoms with Crippen LogP contribution in [0.2, 0.25) is 0 Å². The van der Waals surface area contributed by atoms with E-state index >= 15 is 0 Å². The molecule has 0 unspecified atom stereocenters. The highest BCUT2D eigenvalue weighted by molar-refractivity contribution is 6.08. The van der Waals surface area contributed by atoms with E-state index in [1.54, 1.807) is 23.2 Å². The molecular formula is C20H20N4O2. The number of amides is 1. The third-order valence-corrected chi connectivity index (χ3v) is 4.81.